The summed E-state index contributed by atoms with van der Waals surface area (Å²) in [4.78, 5) is 10.7. The second-order valence-corrected chi connectivity index (χ2v) is 4.71. The van der Waals surface area contributed by atoms with Crippen molar-refractivity contribution in [1.82, 2.24) is 9.78 Å². The van der Waals surface area contributed by atoms with Crippen molar-refractivity contribution < 1.29 is 4.79 Å². The number of carbonyl (C=O) groups is 1. The van der Waals surface area contributed by atoms with Crippen molar-refractivity contribution in [3.8, 4) is 5.69 Å². The summed E-state index contributed by atoms with van der Waals surface area (Å²) in [5.74, 6) is 0. The summed E-state index contributed by atoms with van der Waals surface area (Å²) in [6.07, 6.45) is 0.668. The van der Waals surface area contributed by atoms with Gasteiger partial charge in [-0.25, -0.2) is 4.68 Å². The molecule has 0 bridgehead atoms. The standard InChI is InChI=1S/C11H7Cl3N2O/c1-6-2-8(5-17)15-16(6)11-9(13)3-7(12)4-10(11)14/h2-5H,1H3. The van der Waals surface area contributed by atoms with E-state index in [0.717, 1.165) is 5.69 Å². The zero-order valence-corrected chi connectivity index (χ0v) is 11.0. The van der Waals surface area contributed by atoms with Gasteiger partial charge < -0.3 is 0 Å². The fourth-order valence-electron chi connectivity index (χ4n) is 1.52. The first-order chi connectivity index (χ1) is 8.02. The second-order valence-electron chi connectivity index (χ2n) is 3.46. The molecule has 2 rings (SSSR count). The molecule has 0 unspecified atom stereocenters. The number of nitrogens with zero attached hydrogens (tertiary/aromatic N) is 2. The van der Waals surface area contributed by atoms with E-state index in [0.29, 0.717) is 32.7 Å². The van der Waals surface area contributed by atoms with Crippen LogP contribution in [0.15, 0.2) is 18.2 Å². The number of rotatable bonds is 2. The van der Waals surface area contributed by atoms with Crippen molar-refractivity contribution in [3.05, 3.63) is 44.7 Å². The molecule has 0 radical (unpaired) electrons. The highest BCUT2D eigenvalue weighted by atomic mass is 35.5. The van der Waals surface area contributed by atoms with E-state index < -0.39 is 0 Å². The molecule has 0 amide bonds. The van der Waals surface area contributed by atoms with Gasteiger partial charge in [0.2, 0.25) is 0 Å². The smallest absolute Gasteiger partial charge is 0.170 e. The number of hydrogen-bond acceptors (Lipinski definition) is 2. The molecule has 0 aliphatic rings. The molecule has 6 heteroatoms. The summed E-state index contributed by atoms with van der Waals surface area (Å²) >= 11 is 18.0. The Morgan fingerprint density at radius 1 is 1.18 bits per heavy atom. The fourth-order valence-corrected chi connectivity index (χ4v) is 2.50. The SMILES string of the molecule is Cc1cc(C=O)nn1-c1c(Cl)cc(Cl)cc1Cl. The van der Waals surface area contributed by atoms with E-state index in [9.17, 15) is 4.79 Å². The van der Waals surface area contributed by atoms with E-state index in [1.165, 1.54) is 4.68 Å². The number of halogens is 3. The number of aryl methyl sites for hydroxylation is 1. The van der Waals surface area contributed by atoms with Crippen LogP contribution in [-0.4, -0.2) is 16.1 Å². The van der Waals surface area contributed by atoms with Crippen molar-refractivity contribution in [2.24, 2.45) is 0 Å². The van der Waals surface area contributed by atoms with Crippen LogP contribution in [0.25, 0.3) is 5.69 Å². The van der Waals surface area contributed by atoms with Crippen LogP contribution in [-0.2, 0) is 0 Å². The largest absolute Gasteiger partial charge is 0.296 e. The quantitative estimate of drug-likeness (QED) is 0.785. The van der Waals surface area contributed by atoms with Gasteiger partial charge in [0.05, 0.1) is 10.0 Å². The maximum Gasteiger partial charge on any atom is 0.170 e. The lowest BCUT2D eigenvalue weighted by Gasteiger charge is -2.09. The van der Waals surface area contributed by atoms with Crippen LogP contribution >= 0.6 is 34.8 Å². The van der Waals surface area contributed by atoms with Gasteiger partial charge >= 0.3 is 0 Å². The zero-order valence-electron chi connectivity index (χ0n) is 8.75. The van der Waals surface area contributed by atoms with Crippen LogP contribution in [0.1, 0.15) is 16.2 Å². The lowest BCUT2D eigenvalue weighted by atomic mass is 10.3. The molecule has 1 heterocycles. The van der Waals surface area contributed by atoms with E-state index in [2.05, 4.69) is 5.10 Å². The van der Waals surface area contributed by atoms with Gasteiger partial charge in [-0.15, -0.1) is 0 Å². The molecule has 3 nitrogen and oxygen atoms in total. The number of benzene rings is 1. The van der Waals surface area contributed by atoms with Crippen LogP contribution < -0.4 is 0 Å². The van der Waals surface area contributed by atoms with Gasteiger partial charge in [-0.1, -0.05) is 34.8 Å². The summed E-state index contributed by atoms with van der Waals surface area (Å²) in [6.45, 7) is 1.81. The van der Waals surface area contributed by atoms with E-state index in [4.69, 9.17) is 34.8 Å². The molecule has 0 aliphatic heterocycles. The molecule has 0 saturated carbocycles. The Bertz CT molecular complexity index is 569. The third-order valence-electron chi connectivity index (χ3n) is 2.22. The Morgan fingerprint density at radius 2 is 1.76 bits per heavy atom. The van der Waals surface area contributed by atoms with Gasteiger partial charge in [-0.2, -0.15) is 5.10 Å². The highest BCUT2D eigenvalue weighted by Gasteiger charge is 2.13. The molecule has 0 spiro atoms. The minimum atomic E-state index is 0.324. The Labute approximate surface area is 113 Å². The number of aromatic nitrogens is 2. The number of carbonyl (C=O) groups excluding carboxylic acids is 1. The van der Waals surface area contributed by atoms with E-state index >= 15 is 0 Å². The van der Waals surface area contributed by atoms with Gasteiger partial charge in [0, 0.05) is 10.7 Å². The Hall–Kier alpha value is -1.03. The third-order valence-corrected chi connectivity index (χ3v) is 3.01. The predicted octanol–water partition coefficient (Wildman–Crippen LogP) is 3.95. The molecule has 0 saturated heterocycles. The molecule has 1 aromatic heterocycles. The minimum absolute atomic E-state index is 0.324. The van der Waals surface area contributed by atoms with E-state index in [1.54, 1.807) is 25.1 Å². The maximum absolute atomic E-state index is 10.7. The van der Waals surface area contributed by atoms with Crippen LogP contribution in [0.4, 0.5) is 0 Å². The number of hydrogen-bond donors (Lipinski definition) is 0. The molecule has 0 N–H and O–H groups in total. The molecule has 2 aromatic rings. The normalized spacial score (nSPS) is 10.6. The summed E-state index contributed by atoms with van der Waals surface area (Å²) in [7, 11) is 0. The molecular formula is C11H7Cl3N2O. The van der Waals surface area contributed by atoms with Crippen LogP contribution in [0, 0.1) is 6.92 Å². The van der Waals surface area contributed by atoms with Gasteiger partial charge in [-0.3, -0.25) is 4.79 Å². The van der Waals surface area contributed by atoms with Crippen LogP contribution in [0.3, 0.4) is 0 Å². The lowest BCUT2D eigenvalue weighted by molar-refractivity contribution is 0.111. The molecule has 0 atom stereocenters. The van der Waals surface area contributed by atoms with Gasteiger partial charge in [0.1, 0.15) is 11.4 Å². The van der Waals surface area contributed by atoms with Gasteiger partial charge in [0.15, 0.2) is 6.29 Å². The third kappa shape index (κ3) is 2.32. The summed E-state index contributed by atoms with van der Waals surface area (Å²) in [6, 6.07) is 4.80. The summed E-state index contributed by atoms with van der Waals surface area (Å²) in [5, 5.41) is 5.30. The summed E-state index contributed by atoms with van der Waals surface area (Å²) < 4.78 is 1.52. The highest BCUT2D eigenvalue weighted by Crippen LogP contribution is 2.32. The van der Waals surface area contributed by atoms with Crippen molar-refractivity contribution in [3.63, 3.8) is 0 Å². The number of aldehydes is 1. The highest BCUT2D eigenvalue weighted by molar-refractivity contribution is 6.40. The maximum atomic E-state index is 10.7. The second kappa shape index (κ2) is 4.69. The van der Waals surface area contributed by atoms with Crippen molar-refractivity contribution >= 4 is 41.1 Å². The first kappa shape index (κ1) is 12.4. The molecule has 0 aliphatic carbocycles. The van der Waals surface area contributed by atoms with Crippen LogP contribution in [0.2, 0.25) is 15.1 Å². The molecule has 88 valence electrons. The Balaban J connectivity index is 2.67. The predicted molar refractivity (Wildman–Crippen MR) is 68.7 cm³/mol. The van der Waals surface area contributed by atoms with E-state index in [1.807, 2.05) is 0 Å². The first-order valence-corrected chi connectivity index (χ1v) is 5.83. The molecule has 0 fully saturated rings. The molecular weight excluding hydrogens is 282 g/mol. The summed E-state index contributed by atoms with van der Waals surface area (Å²) in [5.41, 5.74) is 1.60. The molecule has 1 aromatic carbocycles. The minimum Gasteiger partial charge on any atom is -0.296 e. The van der Waals surface area contributed by atoms with Crippen molar-refractivity contribution in [1.29, 1.82) is 0 Å². The van der Waals surface area contributed by atoms with Crippen molar-refractivity contribution in [2.45, 2.75) is 6.92 Å². The van der Waals surface area contributed by atoms with Gasteiger partial charge in [0.25, 0.3) is 0 Å². The first-order valence-electron chi connectivity index (χ1n) is 4.69. The lowest BCUT2D eigenvalue weighted by Crippen LogP contribution is -2.01. The van der Waals surface area contributed by atoms with Gasteiger partial charge in [-0.05, 0) is 25.1 Å². The molecule has 17 heavy (non-hydrogen) atoms. The van der Waals surface area contributed by atoms with Crippen LogP contribution in [0.5, 0.6) is 0 Å². The fraction of sp³-hybridized carbons (Fsp3) is 0.0909. The van der Waals surface area contributed by atoms with E-state index in [-0.39, 0.29) is 0 Å². The average Bonchev–Trinajstić information content (AvgIpc) is 2.59. The topological polar surface area (TPSA) is 34.9 Å². The Morgan fingerprint density at radius 3 is 2.24 bits per heavy atom. The average molecular weight is 290 g/mol. The Kier molecular flexibility index (Phi) is 3.43. The van der Waals surface area contributed by atoms with Crippen molar-refractivity contribution in [2.75, 3.05) is 0 Å². The zero-order chi connectivity index (χ0) is 12.6. The monoisotopic (exact) mass is 288 g/mol.